The number of carbonyl (C=O) groups excluding carboxylic acids is 1. The Labute approximate surface area is 114 Å². The van der Waals surface area contributed by atoms with Crippen LogP contribution < -0.4 is 0 Å². The summed E-state index contributed by atoms with van der Waals surface area (Å²) in [7, 11) is 1.43. The van der Waals surface area contributed by atoms with Crippen molar-refractivity contribution in [3.8, 4) is 0 Å². The molecule has 0 saturated carbocycles. The highest BCUT2D eigenvalue weighted by Gasteiger charge is 2.50. The normalized spacial score (nSPS) is 39.4. The summed E-state index contributed by atoms with van der Waals surface area (Å²) < 4.78 is 10.8. The zero-order chi connectivity index (χ0) is 14.3. The van der Waals surface area contributed by atoms with E-state index >= 15 is 0 Å². The number of aliphatic imine (C=N–C) groups is 3. The van der Waals surface area contributed by atoms with E-state index in [1.807, 2.05) is 0 Å². The van der Waals surface area contributed by atoms with E-state index in [9.17, 15) is 15.0 Å². The molecule has 5 atom stereocenters. The van der Waals surface area contributed by atoms with Crippen LogP contribution in [0.5, 0.6) is 0 Å². The number of amidine groups is 1. The molecule has 0 aromatic carbocycles. The van der Waals surface area contributed by atoms with E-state index in [0.717, 1.165) is 6.34 Å². The molecular formula is C11H14N4O5. The molecular weight excluding hydrogens is 268 g/mol. The number of hydrogen-bond acceptors (Lipinski definition) is 8. The Morgan fingerprint density at radius 3 is 3.05 bits per heavy atom. The molecule has 0 aliphatic carbocycles. The fourth-order valence-electron chi connectivity index (χ4n) is 2.48. The van der Waals surface area contributed by atoms with Crippen molar-refractivity contribution in [2.75, 3.05) is 13.7 Å². The van der Waals surface area contributed by atoms with Crippen molar-refractivity contribution in [1.82, 2.24) is 4.90 Å². The molecule has 3 aliphatic rings. The Hall–Kier alpha value is -1.68. The van der Waals surface area contributed by atoms with Crippen molar-refractivity contribution < 1.29 is 24.5 Å². The largest absolute Gasteiger partial charge is 0.394 e. The predicted octanol–water partition coefficient (Wildman–Crippen LogP) is -2.24. The van der Waals surface area contributed by atoms with Crippen LogP contribution >= 0.6 is 0 Å². The van der Waals surface area contributed by atoms with Gasteiger partial charge in [-0.05, 0) is 0 Å². The van der Waals surface area contributed by atoms with Crippen molar-refractivity contribution in [1.29, 1.82) is 0 Å². The molecule has 1 fully saturated rings. The molecule has 3 rings (SSSR count). The molecule has 0 spiro atoms. The fourth-order valence-corrected chi connectivity index (χ4v) is 2.48. The maximum absolute atomic E-state index is 11.6. The van der Waals surface area contributed by atoms with Crippen LogP contribution in [0.1, 0.15) is 0 Å². The minimum atomic E-state index is -0.976. The van der Waals surface area contributed by atoms with Crippen molar-refractivity contribution in [2.45, 2.75) is 30.6 Å². The molecule has 108 valence electrons. The number of rotatable bonds is 3. The third kappa shape index (κ3) is 1.86. The first-order chi connectivity index (χ1) is 9.67. The van der Waals surface area contributed by atoms with Gasteiger partial charge in [-0.25, -0.2) is 4.99 Å². The molecule has 3 heterocycles. The van der Waals surface area contributed by atoms with Crippen LogP contribution in [-0.4, -0.2) is 83.8 Å². The summed E-state index contributed by atoms with van der Waals surface area (Å²) in [5.74, 6) is -0.0252. The lowest BCUT2D eigenvalue weighted by molar-refractivity contribution is -0.117. The first kappa shape index (κ1) is 13.3. The number of amides is 1. The van der Waals surface area contributed by atoms with Crippen molar-refractivity contribution in [2.24, 2.45) is 15.0 Å². The highest BCUT2D eigenvalue weighted by molar-refractivity contribution is 6.19. The maximum Gasteiger partial charge on any atom is 0.279 e. The van der Waals surface area contributed by atoms with Gasteiger partial charge in [0, 0.05) is 7.11 Å². The fraction of sp³-hybridized carbons (Fsp3) is 0.636. The molecule has 3 aliphatic heterocycles. The number of hydrogen-bond donors (Lipinski definition) is 2. The number of fused-ring (bicyclic) bond motifs is 1. The van der Waals surface area contributed by atoms with Crippen LogP contribution in [-0.2, 0) is 14.3 Å². The van der Waals surface area contributed by atoms with E-state index in [1.165, 1.54) is 18.3 Å². The summed E-state index contributed by atoms with van der Waals surface area (Å²) in [5.41, 5.74) is 0. The second-order valence-electron chi connectivity index (χ2n) is 4.58. The van der Waals surface area contributed by atoms with Gasteiger partial charge in [0.15, 0.2) is 12.3 Å². The SMILES string of the molecule is CO[C@@H]1[C@H](O)[C@@H](CO)O[C@H]1N1C=NC2C(=O)N=CN=C21. The highest BCUT2D eigenvalue weighted by atomic mass is 16.6. The molecule has 1 unspecified atom stereocenters. The van der Waals surface area contributed by atoms with Gasteiger partial charge in [-0.3, -0.25) is 14.7 Å². The van der Waals surface area contributed by atoms with Gasteiger partial charge in [0.1, 0.15) is 30.5 Å². The number of ether oxygens (including phenoxy) is 2. The average molecular weight is 282 g/mol. The summed E-state index contributed by atoms with van der Waals surface area (Å²) >= 11 is 0. The molecule has 9 heteroatoms. The monoisotopic (exact) mass is 282 g/mol. The van der Waals surface area contributed by atoms with E-state index in [4.69, 9.17) is 9.47 Å². The molecule has 1 amide bonds. The van der Waals surface area contributed by atoms with Crippen LogP contribution in [0.3, 0.4) is 0 Å². The van der Waals surface area contributed by atoms with Crippen molar-refractivity contribution in [3.05, 3.63) is 0 Å². The van der Waals surface area contributed by atoms with Crippen LogP contribution in [0.15, 0.2) is 15.0 Å². The Morgan fingerprint density at radius 1 is 1.55 bits per heavy atom. The quantitative estimate of drug-likeness (QED) is 0.604. The van der Waals surface area contributed by atoms with Crippen LogP contribution in [0.4, 0.5) is 0 Å². The summed E-state index contributed by atoms with van der Waals surface area (Å²) in [6, 6.07) is -0.772. The van der Waals surface area contributed by atoms with Gasteiger partial charge in [-0.1, -0.05) is 0 Å². The summed E-state index contributed by atoms with van der Waals surface area (Å²) in [6.07, 6.45) is -0.554. The molecule has 1 saturated heterocycles. The van der Waals surface area contributed by atoms with E-state index in [-0.39, 0.29) is 6.61 Å². The third-order valence-electron chi connectivity index (χ3n) is 3.50. The van der Waals surface area contributed by atoms with Gasteiger partial charge in [-0.2, -0.15) is 4.99 Å². The van der Waals surface area contributed by atoms with Gasteiger partial charge in [-0.15, -0.1) is 0 Å². The molecule has 0 radical (unpaired) electrons. The lowest BCUT2D eigenvalue weighted by Gasteiger charge is -2.28. The third-order valence-corrected chi connectivity index (χ3v) is 3.50. The van der Waals surface area contributed by atoms with E-state index in [2.05, 4.69) is 15.0 Å². The zero-order valence-corrected chi connectivity index (χ0v) is 10.7. The van der Waals surface area contributed by atoms with Crippen LogP contribution in [0, 0.1) is 0 Å². The van der Waals surface area contributed by atoms with Crippen LogP contribution in [0.25, 0.3) is 0 Å². The van der Waals surface area contributed by atoms with Gasteiger partial charge in [0.25, 0.3) is 5.91 Å². The van der Waals surface area contributed by atoms with Gasteiger partial charge < -0.3 is 19.7 Å². The Kier molecular flexibility index (Phi) is 3.34. The molecule has 0 bridgehead atoms. The first-order valence-electron chi connectivity index (χ1n) is 6.10. The van der Waals surface area contributed by atoms with Gasteiger partial charge in [0.2, 0.25) is 0 Å². The minimum Gasteiger partial charge on any atom is -0.394 e. The van der Waals surface area contributed by atoms with Gasteiger partial charge >= 0.3 is 0 Å². The van der Waals surface area contributed by atoms with Gasteiger partial charge in [0.05, 0.1) is 12.9 Å². The lowest BCUT2D eigenvalue weighted by atomic mass is 10.1. The maximum atomic E-state index is 11.6. The molecule has 9 nitrogen and oxygen atoms in total. The Morgan fingerprint density at radius 2 is 2.35 bits per heavy atom. The number of aliphatic hydroxyl groups excluding tert-OH is 2. The molecule has 0 aromatic heterocycles. The smallest absolute Gasteiger partial charge is 0.279 e. The molecule has 20 heavy (non-hydrogen) atoms. The molecule has 2 N–H and O–H groups in total. The standard InChI is InChI=1S/C11H14N4O5/c1-19-8-7(17)5(2-16)20-11(8)15-4-14-6-9(15)12-3-13-10(6)18/h3-8,11,16-17H,2H2,1H3/t5-,6?,7-,8-,11-/m1/s1. The molecule has 0 aromatic rings. The number of aliphatic hydroxyl groups is 2. The number of nitrogens with zero attached hydrogens (tertiary/aromatic N) is 4. The Balaban J connectivity index is 1.86. The zero-order valence-electron chi connectivity index (χ0n) is 10.7. The van der Waals surface area contributed by atoms with E-state index in [0.29, 0.717) is 5.84 Å². The van der Waals surface area contributed by atoms with E-state index < -0.39 is 36.5 Å². The first-order valence-corrected chi connectivity index (χ1v) is 6.10. The highest BCUT2D eigenvalue weighted by Crippen LogP contribution is 2.28. The number of carbonyl (C=O) groups is 1. The van der Waals surface area contributed by atoms with E-state index in [1.54, 1.807) is 0 Å². The predicted molar refractivity (Wildman–Crippen MR) is 67.6 cm³/mol. The number of methoxy groups -OCH3 is 1. The van der Waals surface area contributed by atoms with Crippen molar-refractivity contribution >= 4 is 24.4 Å². The summed E-state index contributed by atoms with van der Waals surface area (Å²) in [5, 5.41) is 19.2. The Bertz CT molecular complexity index is 505. The summed E-state index contributed by atoms with van der Waals surface area (Å²) in [4.78, 5) is 24.8. The van der Waals surface area contributed by atoms with Crippen molar-refractivity contribution in [3.63, 3.8) is 0 Å². The lowest BCUT2D eigenvalue weighted by Crippen LogP contribution is -2.48. The summed E-state index contributed by atoms with van der Waals surface area (Å²) in [6.45, 7) is -0.335. The minimum absolute atomic E-state index is 0.335. The topological polar surface area (TPSA) is 116 Å². The van der Waals surface area contributed by atoms with Crippen LogP contribution in [0.2, 0.25) is 0 Å². The average Bonchev–Trinajstić information content (AvgIpc) is 3.00. The second kappa shape index (κ2) is 5.02. The second-order valence-corrected chi connectivity index (χ2v) is 4.58.